The fourth-order valence-corrected chi connectivity index (χ4v) is 2.33. The number of nitrogens with one attached hydrogen (secondary N) is 2. The Morgan fingerprint density at radius 1 is 1.00 bits per heavy atom. The molecule has 0 amide bonds. The molecule has 1 heterocycles. The van der Waals surface area contributed by atoms with Crippen LogP contribution in [0.4, 0.5) is 18.9 Å². The Bertz CT molecular complexity index is 814. The lowest BCUT2D eigenvalue weighted by Crippen LogP contribution is -2.02. The number of H-pyrrole nitrogens is 1. The van der Waals surface area contributed by atoms with Crippen LogP contribution in [0.3, 0.4) is 0 Å². The topological polar surface area (TPSA) is 27.8 Å². The van der Waals surface area contributed by atoms with Gasteiger partial charge in [-0.2, -0.15) is 0 Å². The minimum Gasteiger partial charge on any atom is -0.378 e. The zero-order chi connectivity index (χ0) is 15.0. The predicted octanol–water partition coefficient (Wildman–Crippen LogP) is 4.85. The molecule has 0 aliphatic rings. The van der Waals surface area contributed by atoms with Crippen molar-refractivity contribution in [3.8, 4) is 0 Å². The van der Waals surface area contributed by atoms with E-state index in [-0.39, 0.29) is 12.2 Å². The van der Waals surface area contributed by atoms with Crippen LogP contribution in [-0.2, 0) is 6.54 Å². The summed E-state index contributed by atoms with van der Waals surface area (Å²) in [5, 5.41) is 4.29. The van der Waals surface area contributed by atoms with Crippen LogP contribution >= 0.6 is 11.6 Å². The molecule has 21 heavy (non-hydrogen) atoms. The smallest absolute Gasteiger partial charge is 0.161 e. The van der Waals surface area contributed by atoms with Crippen molar-refractivity contribution >= 4 is 28.2 Å². The molecule has 2 aromatic carbocycles. The van der Waals surface area contributed by atoms with Crippen molar-refractivity contribution in [2.24, 2.45) is 0 Å². The van der Waals surface area contributed by atoms with E-state index in [4.69, 9.17) is 11.6 Å². The van der Waals surface area contributed by atoms with E-state index in [0.29, 0.717) is 11.1 Å². The maximum atomic E-state index is 13.5. The summed E-state index contributed by atoms with van der Waals surface area (Å²) in [7, 11) is 0. The van der Waals surface area contributed by atoms with Crippen LogP contribution in [0.1, 0.15) is 5.56 Å². The minimum atomic E-state index is -1.21. The van der Waals surface area contributed by atoms with Gasteiger partial charge in [-0.15, -0.1) is 0 Å². The summed E-state index contributed by atoms with van der Waals surface area (Å²) in [6.07, 6.45) is 1.76. The Morgan fingerprint density at radius 3 is 2.57 bits per heavy atom. The summed E-state index contributed by atoms with van der Waals surface area (Å²) in [6, 6.07) is 6.69. The normalized spacial score (nSPS) is 11.0. The average Bonchev–Trinajstić information content (AvgIpc) is 2.83. The van der Waals surface area contributed by atoms with Gasteiger partial charge in [0.25, 0.3) is 0 Å². The van der Waals surface area contributed by atoms with Crippen molar-refractivity contribution < 1.29 is 13.2 Å². The Labute approximate surface area is 123 Å². The predicted molar refractivity (Wildman–Crippen MR) is 77.0 cm³/mol. The van der Waals surface area contributed by atoms with Crippen molar-refractivity contribution in [1.82, 2.24) is 4.98 Å². The molecule has 3 rings (SSSR count). The van der Waals surface area contributed by atoms with Gasteiger partial charge in [0, 0.05) is 40.8 Å². The third-order valence-corrected chi connectivity index (χ3v) is 3.44. The minimum absolute atomic E-state index is 0.0859. The van der Waals surface area contributed by atoms with E-state index >= 15 is 0 Å². The summed E-state index contributed by atoms with van der Waals surface area (Å²) < 4.78 is 39.5. The second-order valence-corrected chi connectivity index (χ2v) is 5.04. The molecule has 0 unspecified atom stereocenters. The molecule has 0 fully saturated rings. The quantitative estimate of drug-likeness (QED) is 0.665. The molecule has 6 heteroatoms. The Hall–Kier alpha value is -2.14. The number of rotatable bonds is 3. The zero-order valence-corrected chi connectivity index (χ0v) is 11.4. The molecule has 0 saturated heterocycles. The standard InChI is InChI=1S/C15H10ClF3N2/c16-9-1-2-10-8(6-20-14(10)3-9)7-21-15-5-12(18)11(17)4-13(15)19/h1-6,20-21H,7H2. The highest BCUT2D eigenvalue weighted by atomic mass is 35.5. The molecular weight excluding hydrogens is 301 g/mol. The van der Waals surface area contributed by atoms with Gasteiger partial charge in [-0.1, -0.05) is 17.7 Å². The largest absolute Gasteiger partial charge is 0.378 e. The Morgan fingerprint density at radius 2 is 1.76 bits per heavy atom. The van der Waals surface area contributed by atoms with Gasteiger partial charge in [-0.3, -0.25) is 0 Å². The highest BCUT2D eigenvalue weighted by Gasteiger charge is 2.10. The summed E-state index contributed by atoms with van der Waals surface area (Å²) in [5.74, 6) is -3.14. The molecule has 2 N–H and O–H groups in total. The third-order valence-electron chi connectivity index (χ3n) is 3.21. The second-order valence-electron chi connectivity index (χ2n) is 4.60. The number of halogens is 4. The number of aromatic nitrogens is 1. The van der Waals surface area contributed by atoms with E-state index in [0.717, 1.165) is 22.5 Å². The van der Waals surface area contributed by atoms with Crippen molar-refractivity contribution in [3.63, 3.8) is 0 Å². The molecule has 108 valence electrons. The van der Waals surface area contributed by atoms with Crippen LogP contribution in [0.15, 0.2) is 36.5 Å². The maximum Gasteiger partial charge on any atom is 0.161 e. The monoisotopic (exact) mass is 310 g/mol. The molecule has 0 spiro atoms. The van der Waals surface area contributed by atoms with Gasteiger partial charge in [-0.25, -0.2) is 13.2 Å². The lowest BCUT2D eigenvalue weighted by molar-refractivity contribution is 0.496. The van der Waals surface area contributed by atoms with E-state index in [2.05, 4.69) is 10.3 Å². The fourth-order valence-electron chi connectivity index (χ4n) is 2.15. The lowest BCUT2D eigenvalue weighted by Gasteiger charge is -2.07. The lowest BCUT2D eigenvalue weighted by atomic mass is 10.1. The number of benzene rings is 2. The van der Waals surface area contributed by atoms with Crippen molar-refractivity contribution in [2.75, 3.05) is 5.32 Å². The number of hydrogen-bond donors (Lipinski definition) is 2. The first-order valence-corrected chi connectivity index (χ1v) is 6.56. The van der Waals surface area contributed by atoms with Crippen LogP contribution < -0.4 is 5.32 Å². The second kappa shape index (κ2) is 5.33. The van der Waals surface area contributed by atoms with Crippen LogP contribution in [0, 0.1) is 17.5 Å². The zero-order valence-electron chi connectivity index (χ0n) is 10.7. The van der Waals surface area contributed by atoms with E-state index in [9.17, 15) is 13.2 Å². The average molecular weight is 311 g/mol. The molecular formula is C15H10ClF3N2. The molecule has 0 saturated carbocycles. The molecule has 0 aliphatic carbocycles. The molecule has 0 bridgehead atoms. The van der Waals surface area contributed by atoms with Crippen LogP contribution in [0.25, 0.3) is 10.9 Å². The highest BCUT2D eigenvalue weighted by molar-refractivity contribution is 6.31. The first kappa shape index (κ1) is 13.8. The Kier molecular flexibility index (Phi) is 3.51. The first-order chi connectivity index (χ1) is 10.0. The Balaban J connectivity index is 1.85. The van der Waals surface area contributed by atoms with Gasteiger partial charge in [0.05, 0.1) is 5.69 Å². The van der Waals surface area contributed by atoms with Gasteiger partial charge >= 0.3 is 0 Å². The molecule has 1 aromatic heterocycles. The van der Waals surface area contributed by atoms with Gasteiger partial charge < -0.3 is 10.3 Å². The molecule has 0 aliphatic heterocycles. The SMILES string of the molecule is Fc1cc(F)c(NCc2c[nH]c3cc(Cl)ccc23)cc1F. The highest BCUT2D eigenvalue weighted by Crippen LogP contribution is 2.24. The van der Waals surface area contributed by atoms with Crippen molar-refractivity contribution in [1.29, 1.82) is 0 Å². The molecule has 3 aromatic rings. The van der Waals surface area contributed by atoms with Gasteiger partial charge in [0.1, 0.15) is 5.82 Å². The van der Waals surface area contributed by atoms with E-state index in [1.807, 2.05) is 6.07 Å². The van der Waals surface area contributed by atoms with Gasteiger partial charge in [-0.05, 0) is 17.7 Å². The number of aromatic amines is 1. The summed E-state index contributed by atoms with van der Waals surface area (Å²) in [4.78, 5) is 3.05. The number of anilines is 1. The van der Waals surface area contributed by atoms with Gasteiger partial charge in [0.2, 0.25) is 0 Å². The summed E-state index contributed by atoms with van der Waals surface area (Å²) in [5.41, 5.74) is 1.63. The number of fused-ring (bicyclic) bond motifs is 1. The molecule has 0 radical (unpaired) electrons. The molecule has 2 nitrogen and oxygen atoms in total. The van der Waals surface area contributed by atoms with Crippen molar-refractivity contribution in [3.05, 3.63) is 64.6 Å². The third kappa shape index (κ3) is 2.69. The first-order valence-electron chi connectivity index (χ1n) is 6.18. The summed E-state index contributed by atoms with van der Waals surface area (Å²) >= 11 is 5.89. The van der Waals surface area contributed by atoms with Crippen LogP contribution in [-0.4, -0.2) is 4.98 Å². The van der Waals surface area contributed by atoms with Crippen LogP contribution in [0.5, 0.6) is 0 Å². The summed E-state index contributed by atoms with van der Waals surface area (Å²) in [6.45, 7) is 0.267. The molecule has 0 atom stereocenters. The van der Waals surface area contributed by atoms with Gasteiger partial charge in [0.15, 0.2) is 11.6 Å². The fraction of sp³-hybridized carbons (Fsp3) is 0.0667. The van der Waals surface area contributed by atoms with E-state index in [1.165, 1.54) is 0 Å². The van der Waals surface area contributed by atoms with E-state index < -0.39 is 17.5 Å². The van der Waals surface area contributed by atoms with E-state index in [1.54, 1.807) is 18.3 Å². The van der Waals surface area contributed by atoms with Crippen LogP contribution in [0.2, 0.25) is 5.02 Å². The maximum absolute atomic E-state index is 13.5. The van der Waals surface area contributed by atoms with Crippen molar-refractivity contribution in [2.45, 2.75) is 6.54 Å². The number of hydrogen-bond acceptors (Lipinski definition) is 1.